The van der Waals surface area contributed by atoms with E-state index in [1.807, 2.05) is 32.0 Å². The minimum Gasteiger partial charge on any atom is -0.461 e. The van der Waals surface area contributed by atoms with Crippen LogP contribution in [0.2, 0.25) is 0 Å². The zero-order chi connectivity index (χ0) is 18.0. The molecule has 2 aromatic carbocycles. The molecule has 0 unspecified atom stereocenters. The first-order chi connectivity index (χ1) is 12.0. The molecule has 0 aliphatic heterocycles. The average molecular weight is 333 g/mol. The average Bonchev–Trinajstić information content (AvgIpc) is 2.61. The fourth-order valence-electron chi connectivity index (χ4n) is 2.90. The topological polar surface area (TPSA) is 56.3 Å². The van der Waals surface area contributed by atoms with E-state index in [4.69, 9.17) is 4.74 Å². The predicted octanol–water partition coefficient (Wildman–Crippen LogP) is 4.26. The summed E-state index contributed by atoms with van der Waals surface area (Å²) in [4.78, 5) is 29.8. The van der Waals surface area contributed by atoms with Gasteiger partial charge < -0.3 is 4.74 Å². The SMILES string of the molecule is CCOC(=O)c1nc2cc(C)cc(C)c2cc1C(=O)c1ccccc1. The Morgan fingerprint density at radius 3 is 2.44 bits per heavy atom. The van der Waals surface area contributed by atoms with Crippen molar-refractivity contribution < 1.29 is 14.3 Å². The number of aromatic nitrogens is 1. The van der Waals surface area contributed by atoms with E-state index in [2.05, 4.69) is 4.98 Å². The predicted molar refractivity (Wildman–Crippen MR) is 97.0 cm³/mol. The molecule has 0 saturated carbocycles. The third kappa shape index (κ3) is 3.29. The van der Waals surface area contributed by atoms with Crippen molar-refractivity contribution >= 4 is 22.7 Å². The maximum Gasteiger partial charge on any atom is 0.357 e. The number of aryl methyl sites for hydroxylation is 2. The molecular formula is C21H19NO3. The Morgan fingerprint density at radius 2 is 1.76 bits per heavy atom. The molecule has 0 atom stereocenters. The lowest BCUT2D eigenvalue weighted by Gasteiger charge is -2.11. The van der Waals surface area contributed by atoms with Gasteiger partial charge in [0.05, 0.1) is 17.7 Å². The zero-order valence-corrected chi connectivity index (χ0v) is 14.5. The molecule has 3 rings (SSSR count). The number of fused-ring (bicyclic) bond motifs is 1. The van der Waals surface area contributed by atoms with Gasteiger partial charge in [-0.25, -0.2) is 9.78 Å². The summed E-state index contributed by atoms with van der Waals surface area (Å²) < 4.78 is 5.11. The second kappa shape index (κ2) is 6.85. The van der Waals surface area contributed by atoms with Gasteiger partial charge in [-0.05, 0) is 44.0 Å². The number of rotatable bonds is 4. The Hall–Kier alpha value is -3.01. The van der Waals surface area contributed by atoms with Crippen molar-refractivity contribution in [2.75, 3.05) is 6.61 Å². The van der Waals surface area contributed by atoms with Crippen LogP contribution in [0, 0.1) is 13.8 Å². The fourth-order valence-corrected chi connectivity index (χ4v) is 2.90. The summed E-state index contributed by atoms with van der Waals surface area (Å²) in [6, 6.07) is 14.6. The maximum atomic E-state index is 12.9. The van der Waals surface area contributed by atoms with Crippen LogP contribution in [0.5, 0.6) is 0 Å². The van der Waals surface area contributed by atoms with E-state index in [-0.39, 0.29) is 23.6 Å². The largest absolute Gasteiger partial charge is 0.461 e. The Balaban J connectivity index is 2.25. The second-order valence-corrected chi connectivity index (χ2v) is 5.95. The smallest absolute Gasteiger partial charge is 0.357 e. The van der Waals surface area contributed by atoms with Crippen LogP contribution in [0.4, 0.5) is 0 Å². The number of nitrogens with zero attached hydrogens (tertiary/aromatic N) is 1. The van der Waals surface area contributed by atoms with Gasteiger partial charge in [0.25, 0.3) is 0 Å². The minimum absolute atomic E-state index is 0.0632. The van der Waals surface area contributed by atoms with Crippen molar-refractivity contribution in [2.24, 2.45) is 0 Å². The Kier molecular flexibility index (Phi) is 4.61. The molecule has 0 radical (unpaired) electrons. The highest BCUT2D eigenvalue weighted by molar-refractivity contribution is 6.15. The monoisotopic (exact) mass is 333 g/mol. The quantitative estimate of drug-likeness (QED) is 0.529. The molecule has 0 bridgehead atoms. The number of ether oxygens (including phenoxy) is 1. The summed E-state index contributed by atoms with van der Waals surface area (Å²) in [5, 5.41) is 0.859. The Bertz CT molecular complexity index is 962. The van der Waals surface area contributed by atoms with E-state index in [1.165, 1.54) is 0 Å². The Morgan fingerprint density at radius 1 is 1.04 bits per heavy atom. The fraction of sp³-hybridized carbons (Fsp3) is 0.190. The van der Waals surface area contributed by atoms with Crippen molar-refractivity contribution in [1.82, 2.24) is 4.98 Å². The molecule has 0 aliphatic rings. The van der Waals surface area contributed by atoms with Crippen molar-refractivity contribution in [3.8, 4) is 0 Å². The van der Waals surface area contributed by atoms with E-state index >= 15 is 0 Å². The molecule has 0 N–H and O–H groups in total. The van der Waals surface area contributed by atoms with Gasteiger partial charge >= 0.3 is 5.97 Å². The highest BCUT2D eigenvalue weighted by Crippen LogP contribution is 2.24. The van der Waals surface area contributed by atoms with Crippen LogP contribution >= 0.6 is 0 Å². The highest BCUT2D eigenvalue weighted by Gasteiger charge is 2.22. The molecule has 1 aromatic heterocycles. The second-order valence-electron chi connectivity index (χ2n) is 5.95. The maximum absolute atomic E-state index is 12.9. The van der Waals surface area contributed by atoms with E-state index in [1.54, 1.807) is 37.3 Å². The summed E-state index contributed by atoms with van der Waals surface area (Å²) in [6.45, 7) is 5.90. The molecular weight excluding hydrogens is 314 g/mol. The van der Waals surface area contributed by atoms with Gasteiger partial charge in [-0.2, -0.15) is 0 Å². The van der Waals surface area contributed by atoms with Gasteiger partial charge in [-0.15, -0.1) is 0 Å². The number of carbonyl (C=O) groups is 2. The van der Waals surface area contributed by atoms with Crippen LogP contribution < -0.4 is 0 Å². The van der Waals surface area contributed by atoms with Crippen LogP contribution in [-0.4, -0.2) is 23.3 Å². The van der Waals surface area contributed by atoms with Crippen LogP contribution in [0.15, 0.2) is 48.5 Å². The molecule has 0 saturated heterocycles. The number of esters is 1. The van der Waals surface area contributed by atoms with Crippen molar-refractivity contribution in [3.63, 3.8) is 0 Å². The molecule has 4 heteroatoms. The van der Waals surface area contributed by atoms with E-state index < -0.39 is 5.97 Å². The van der Waals surface area contributed by atoms with Crippen LogP contribution in [0.3, 0.4) is 0 Å². The molecule has 1 heterocycles. The number of benzene rings is 2. The molecule has 0 spiro atoms. The molecule has 0 aliphatic carbocycles. The van der Waals surface area contributed by atoms with Crippen LogP contribution in [0.25, 0.3) is 10.9 Å². The number of carbonyl (C=O) groups excluding carboxylic acids is 2. The first kappa shape index (κ1) is 16.8. The van der Waals surface area contributed by atoms with Gasteiger partial charge in [0.15, 0.2) is 11.5 Å². The Labute approximate surface area is 146 Å². The third-order valence-electron chi connectivity index (χ3n) is 4.03. The lowest BCUT2D eigenvalue weighted by Crippen LogP contribution is -2.15. The lowest BCUT2D eigenvalue weighted by atomic mass is 9.97. The standard InChI is InChI=1S/C21H19NO3/c1-4-25-21(24)19-17(20(23)15-8-6-5-7-9-15)12-16-14(3)10-13(2)11-18(16)22-19/h5-12H,4H2,1-3H3. The lowest BCUT2D eigenvalue weighted by molar-refractivity contribution is 0.0517. The zero-order valence-electron chi connectivity index (χ0n) is 14.5. The van der Waals surface area contributed by atoms with Crippen molar-refractivity contribution in [3.05, 3.63) is 76.5 Å². The minimum atomic E-state index is -0.581. The van der Waals surface area contributed by atoms with Gasteiger partial charge in [0, 0.05) is 10.9 Å². The van der Waals surface area contributed by atoms with E-state index in [0.717, 1.165) is 16.5 Å². The summed E-state index contributed by atoms with van der Waals surface area (Å²) >= 11 is 0. The summed E-state index contributed by atoms with van der Waals surface area (Å²) in [5.74, 6) is -0.819. The van der Waals surface area contributed by atoms with Crippen molar-refractivity contribution in [1.29, 1.82) is 0 Å². The summed E-state index contributed by atoms with van der Waals surface area (Å²) in [6.07, 6.45) is 0. The van der Waals surface area contributed by atoms with E-state index in [9.17, 15) is 9.59 Å². The number of pyridine rings is 1. The van der Waals surface area contributed by atoms with Gasteiger partial charge in [0.2, 0.25) is 0 Å². The van der Waals surface area contributed by atoms with Crippen LogP contribution in [0.1, 0.15) is 44.5 Å². The number of hydrogen-bond acceptors (Lipinski definition) is 4. The number of hydrogen-bond donors (Lipinski definition) is 0. The van der Waals surface area contributed by atoms with E-state index in [0.29, 0.717) is 11.1 Å². The first-order valence-corrected chi connectivity index (χ1v) is 8.20. The van der Waals surface area contributed by atoms with Gasteiger partial charge in [-0.1, -0.05) is 36.4 Å². The summed E-state index contributed by atoms with van der Waals surface area (Å²) in [5.41, 5.74) is 3.59. The normalized spacial score (nSPS) is 10.7. The van der Waals surface area contributed by atoms with Gasteiger partial charge in [-0.3, -0.25) is 4.79 Å². The highest BCUT2D eigenvalue weighted by atomic mass is 16.5. The van der Waals surface area contributed by atoms with Crippen LogP contribution in [-0.2, 0) is 4.74 Å². The molecule has 126 valence electrons. The molecule has 4 nitrogen and oxygen atoms in total. The van der Waals surface area contributed by atoms with Crippen molar-refractivity contribution in [2.45, 2.75) is 20.8 Å². The summed E-state index contributed by atoms with van der Waals surface area (Å²) in [7, 11) is 0. The van der Waals surface area contributed by atoms with Gasteiger partial charge in [0.1, 0.15) is 0 Å². The molecule has 25 heavy (non-hydrogen) atoms. The molecule has 3 aromatic rings. The first-order valence-electron chi connectivity index (χ1n) is 8.20. The molecule has 0 amide bonds. The third-order valence-corrected chi connectivity index (χ3v) is 4.03. The molecule has 0 fully saturated rings. The number of ketones is 1.